The molecule has 0 saturated carbocycles. The number of carbonyl (C=O) groups excluding carboxylic acids is 1. The summed E-state index contributed by atoms with van der Waals surface area (Å²) in [6.07, 6.45) is 0. The summed E-state index contributed by atoms with van der Waals surface area (Å²) in [7, 11) is -3.94. The van der Waals surface area contributed by atoms with Crippen molar-refractivity contribution in [2.45, 2.75) is 29.6 Å². The third-order valence-corrected chi connectivity index (χ3v) is 6.75. The normalized spacial score (nSPS) is 15.8. The van der Waals surface area contributed by atoms with E-state index in [9.17, 15) is 18.3 Å². The maximum absolute atomic E-state index is 12.7. The van der Waals surface area contributed by atoms with E-state index in [1.165, 1.54) is 17.8 Å². The van der Waals surface area contributed by atoms with Crippen LogP contribution in [0.4, 0.5) is 0 Å². The SMILES string of the molecule is CC(C)c1cc(O)cc2c1C(=O)N(CSc1ccccc1)S2(=O)=O. The van der Waals surface area contributed by atoms with Gasteiger partial charge in [0.25, 0.3) is 15.9 Å². The van der Waals surface area contributed by atoms with E-state index in [-0.39, 0.29) is 28.0 Å². The minimum absolute atomic E-state index is 0.00183. The zero-order valence-corrected chi connectivity index (χ0v) is 14.9. The largest absolute Gasteiger partial charge is 0.508 e. The van der Waals surface area contributed by atoms with Crippen molar-refractivity contribution in [1.29, 1.82) is 0 Å². The number of phenolic OH excluding ortho intramolecular Hbond substituents is 1. The first-order valence-corrected chi connectivity index (χ1v) is 9.86. The number of hydrogen-bond donors (Lipinski definition) is 1. The van der Waals surface area contributed by atoms with Gasteiger partial charge in [0.15, 0.2) is 0 Å². The summed E-state index contributed by atoms with van der Waals surface area (Å²) in [6.45, 7) is 3.71. The van der Waals surface area contributed by atoms with Crippen LogP contribution in [0.3, 0.4) is 0 Å². The van der Waals surface area contributed by atoms with Gasteiger partial charge in [-0.25, -0.2) is 12.7 Å². The van der Waals surface area contributed by atoms with Crippen LogP contribution in [0, 0.1) is 0 Å². The third-order valence-electron chi connectivity index (χ3n) is 3.84. The highest BCUT2D eigenvalue weighted by Crippen LogP contribution is 2.39. The van der Waals surface area contributed by atoms with Gasteiger partial charge in [-0.1, -0.05) is 32.0 Å². The second-order valence-corrected chi connectivity index (χ2v) is 8.66. The lowest BCUT2D eigenvalue weighted by atomic mass is 9.96. The van der Waals surface area contributed by atoms with Crippen molar-refractivity contribution in [2.75, 3.05) is 5.88 Å². The van der Waals surface area contributed by atoms with Gasteiger partial charge in [0.1, 0.15) is 10.6 Å². The van der Waals surface area contributed by atoms with Gasteiger partial charge < -0.3 is 5.11 Å². The minimum atomic E-state index is -3.94. The molecule has 1 aliphatic heterocycles. The number of amides is 1. The first-order valence-electron chi connectivity index (χ1n) is 7.44. The van der Waals surface area contributed by atoms with E-state index in [1.54, 1.807) is 0 Å². The van der Waals surface area contributed by atoms with Crippen LogP contribution in [-0.4, -0.2) is 29.6 Å². The molecule has 0 aromatic heterocycles. The van der Waals surface area contributed by atoms with Crippen molar-refractivity contribution in [3.63, 3.8) is 0 Å². The molecule has 0 fully saturated rings. The molecule has 0 saturated heterocycles. The lowest BCUT2D eigenvalue weighted by Crippen LogP contribution is -2.29. The molecule has 3 rings (SSSR count). The van der Waals surface area contributed by atoms with Crippen LogP contribution in [0.5, 0.6) is 5.75 Å². The van der Waals surface area contributed by atoms with E-state index in [0.29, 0.717) is 5.56 Å². The molecular weight excluding hydrogens is 346 g/mol. The fraction of sp³-hybridized carbons (Fsp3) is 0.235. The van der Waals surface area contributed by atoms with Crippen LogP contribution in [0.15, 0.2) is 52.3 Å². The Hall–Kier alpha value is -1.99. The molecule has 1 amide bonds. The smallest absolute Gasteiger partial charge is 0.270 e. The van der Waals surface area contributed by atoms with Crippen molar-refractivity contribution >= 4 is 27.7 Å². The van der Waals surface area contributed by atoms with Crippen molar-refractivity contribution < 1.29 is 18.3 Å². The molecule has 1 N–H and O–H groups in total. The predicted molar refractivity (Wildman–Crippen MR) is 92.7 cm³/mol. The highest BCUT2D eigenvalue weighted by molar-refractivity contribution is 8.00. The van der Waals surface area contributed by atoms with E-state index >= 15 is 0 Å². The number of rotatable bonds is 4. The van der Waals surface area contributed by atoms with E-state index in [4.69, 9.17) is 0 Å². The van der Waals surface area contributed by atoms with Crippen LogP contribution in [-0.2, 0) is 10.0 Å². The molecule has 0 aliphatic carbocycles. The summed E-state index contributed by atoms with van der Waals surface area (Å²) in [4.78, 5) is 13.5. The number of thioether (sulfide) groups is 1. The number of phenols is 1. The minimum Gasteiger partial charge on any atom is -0.508 e. The van der Waals surface area contributed by atoms with Gasteiger partial charge in [0, 0.05) is 11.0 Å². The quantitative estimate of drug-likeness (QED) is 0.843. The van der Waals surface area contributed by atoms with Crippen molar-refractivity contribution in [3.8, 4) is 5.75 Å². The Balaban J connectivity index is 2.00. The highest BCUT2D eigenvalue weighted by atomic mass is 32.2. The van der Waals surface area contributed by atoms with Crippen LogP contribution in [0.1, 0.15) is 35.7 Å². The van der Waals surface area contributed by atoms with Gasteiger partial charge in [0.05, 0.1) is 11.4 Å². The molecular formula is C17H17NO4S2. The topological polar surface area (TPSA) is 74.7 Å². The molecule has 1 aliphatic rings. The van der Waals surface area contributed by atoms with Crippen LogP contribution >= 0.6 is 11.8 Å². The van der Waals surface area contributed by atoms with Crippen LogP contribution < -0.4 is 0 Å². The van der Waals surface area contributed by atoms with Crippen molar-refractivity contribution in [3.05, 3.63) is 53.6 Å². The fourth-order valence-electron chi connectivity index (χ4n) is 2.64. The lowest BCUT2D eigenvalue weighted by molar-refractivity contribution is 0.0885. The molecule has 5 nitrogen and oxygen atoms in total. The third kappa shape index (κ3) is 2.78. The summed E-state index contributed by atoms with van der Waals surface area (Å²) in [5.41, 5.74) is 0.724. The molecule has 0 bridgehead atoms. The zero-order valence-electron chi connectivity index (χ0n) is 13.3. The van der Waals surface area contributed by atoms with Gasteiger partial charge in [-0.05, 0) is 29.7 Å². The Morgan fingerprint density at radius 3 is 2.46 bits per heavy atom. The summed E-state index contributed by atoms with van der Waals surface area (Å²) < 4.78 is 26.3. The van der Waals surface area contributed by atoms with E-state index in [2.05, 4.69) is 0 Å². The maximum Gasteiger partial charge on any atom is 0.270 e. The van der Waals surface area contributed by atoms with Crippen molar-refractivity contribution in [2.24, 2.45) is 0 Å². The molecule has 0 radical (unpaired) electrons. The standard InChI is InChI=1S/C17H17NO4S2/c1-11(2)14-8-12(19)9-15-16(14)17(20)18(24(15,21)22)10-23-13-6-4-3-5-7-13/h3-9,11,19H,10H2,1-2H3. The molecule has 0 atom stereocenters. The molecule has 126 valence electrons. The average molecular weight is 363 g/mol. The van der Waals surface area contributed by atoms with Gasteiger partial charge in [-0.15, -0.1) is 11.8 Å². The predicted octanol–water partition coefficient (Wildman–Crippen LogP) is 3.41. The Bertz CT molecular complexity index is 892. The van der Waals surface area contributed by atoms with Crippen LogP contribution in [0.2, 0.25) is 0 Å². The first-order chi connectivity index (χ1) is 11.3. The van der Waals surface area contributed by atoms with E-state index in [0.717, 1.165) is 15.3 Å². The highest BCUT2D eigenvalue weighted by Gasteiger charge is 2.43. The molecule has 1 heterocycles. The van der Waals surface area contributed by atoms with Gasteiger partial charge >= 0.3 is 0 Å². The lowest BCUT2D eigenvalue weighted by Gasteiger charge is -2.14. The van der Waals surface area contributed by atoms with Gasteiger partial charge in [0.2, 0.25) is 0 Å². The summed E-state index contributed by atoms with van der Waals surface area (Å²) in [6, 6.07) is 11.9. The Labute approximate surface area is 145 Å². The molecule has 24 heavy (non-hydrogen) atoms. The first kappa shape index (κ1) is 16.9. The maximum atomic E-state index is 12.7. The number of nitrogens with zero attached hydrogens (tertiary/aromatic N) is 1. The molecule has 7 heteroatoms. The van der Waals surface area contributed by atoms with E-state index < -0.39 is 15.9 Å². The zero-order chi connectivity index (χ0) is 17.5. The summed E-state index contributed by atoms with van der Waals surface area (Å²) in [5, 5.41) is 9.84. The van der Waals surface area contributed by atoms with Gasteiger partial charge in [-0.2, -0.15) is 0 Å². The number of fused-ring (bicyclic) bond motifs is 1. The number of carbonyl (C=O) groups is 1. The van der Waals surface area contributed by atoms with Crippen LogP contribution in [0.25, 0.3) is 0 Å². The van der Waals surface area contributed by atoms with Gasteiger partial charge in [-0.3, -0.25) is 4.79 Å². The molecule has 2 aromatic carbocycles. The number of aromatic hydroxyl groups is 1. The summed E-state index contributed by atoms with van der Waals surface area (Å²) in [5.74, 6) is -0.756. The fourth-order valence-corrected chi connectivity index (χ4v) is 5.37. The molecule has 0 unspecified atom stereocenters. The second-order valence-electron chi connectivity index (χ2n) is 5.81. The number of hydrogen-bond acceptors (Lipinski definition) is 5. The number of benzene rings is 2. The monoisotopic (exact) mass is 363 g/mol. The second kappa shape index (κ2) is 6.14. The Morgan fingerprint density at radius 1 is 1.17 bits per heavy atom. The van der Waals surface area contributed by atoms with Crippen molar-refractivity contribution in [1.82, 2.24) is 4.31 Å². The number of sulfonamides is 1. The average Bonchev–Trinajstić information content (AvgIpc) is 2.72. The summed E-state index contributed by atoms with van der Waals surface area (Å²) >= 11 is 1.28. The van der Waals surface area contributed by atoms with E-state index in [1.807, 2.05) is 44.2 Å². The molecule has 0 spiro atoms. The molecule has 2 aromatic rings. The Kier molecular flexibility index (Phi) is 4.31. The Morgan fingerprint density at radius 2 is 1.83 bits per heavy atom.